The first kappa shape index (κ1) is 10.1. The summed E-state index contributed by atoms with van der Waals surface area (Å²) in [6.45, 7) is 2.00. The number of halogens is 1. The van der Waals surface area contributed by atoms with E-state index in [-0.39, 0.29) is 0 Å². The molecule has 1 saturated carbocycles. The molecule has 16 heavy (non-hydrogen) atoms. The van der Waals surface area contributed by atoms with Gasteiger partial charge in [0.2, 0.25) is 0 Å². The molecule has 3 rings (SSSR count). The smallest absolute Gasteiger partial charge is 0.158 e. The molecule has 0 amide bonds. The fourth-order valence-corrected chi connectivity index (χ4v) is 2.65. The van der Waals surface area contributed by atoms with Crippen LogP contribution in [0.3, 0.4) is 0 Å². The van der Waals surface area contributed by atoms with E-state index in [0.29, 0.717) is 11.9 Å². The van der Waals surface area contributed by atoms with E-state index >= 15 is 0 Å². The van der Waals surface area contributed by atoms with E-state index in [9.17, 15) is 0 Å². The van der Waals surface area contributed by atoms with Crippen LogP contribution in [0, 0.1) is 6.92 Å². The molecule has 2 aromatic rings. The molecule has 0 aliphatic heterocycles. The van der Waals surface area contributed by atoms with Gasteiger partial charge in [-0.15, -0.1) is 11.6 Å². The van der Waals surface area contributed by atoms with Gasteiger partial charge in [-0.1, -0.05) is 0 Å². The lowest BCUT2D eigenvalue weighted by atomic mass is 9.93. The number of imidazole rings is 1. The Balaban J connectivity index is 2.28. The van der Waals surface area contributed by atoms with Crippen molar-refractivity contribution in [3.05, 3.63) is 11.5 Å². The minimum Gasteiger partial charge on any atom is -0.309 e. The molecule has 0 unspecified atom stereocenters. The molecule has 0 saturated heterocycles. The lowest BCUT2D eigenvalue weighted by molar-refractivity contribution is 0.312. The number of hydrogen-bond donors (Lipinski definition) is 0. The Kier molecular flexibility index (Phi) is 2.21. The van der Waals surface area contributed by atoms with Gasteiger partial charge in [0.1, 0.15) is 11.3 Å². The van der Waals surface area contributed by atoms with E-state index < -0.39 is 0 Å². The maximum absolute atomic E-state index is 5.98. The average molecular weight is 239 g/mol. The van der Waals surface area contributed by atoms with Crippen LogP contribution < -0.4 is 0 Å². The SMILES string of the molecule is Cc1nn(C)c2c1nc(CCl)n2C1CCC1. The number of aryl methyl sites for hydroxylation is 2. The van der Waals surface area contributed by atoms with Crippen LogP contribution in [0.25, 0.3) is 11.2 Å². The Morgan fingerprint density at radius 3 is 2.75 bits per heavy atom. The first-order valence-corrected chi connectivity index (χ1v) is 6.22. The number of nitrogens with zero attached hydrogens (tertiary/aromatic N) is 4. The minimum atomic E-state index is 0.477. The number of hydrogen-bond acceptors (Lipinski definition) is 2. The second kappa shape index (κ2) is 3.48. The van der Waals surface area contributed by atoms with Gasteiger partial charge in [-0.3, -0.25) is 4.68 Å². The quantitative estimate of drug-likeness (QED) is 0.754. The molecule has 2 heterocycles. The van der Waals surface area contributed by atoms with Gasteiger partial charge < -0.3 is 4.57 Å². The fraction of sp³-hybridized carbons (Fsp3) is 0.636. The van der Waals surface area contributed by atoms with Gasteiger partial charge >= 0.3 is 0 Å². The second-order valence-electron chi connectivity index (χ2n) is 4.50. The summed E-state index contributed by atoms with van der Waals surface area (Å²) in [5, 5.41) is 4.42. The van der Waals surface area contributed by atoms with E-state index in [1.165, 1.54) is 19.3 Å². The van der Waals surface area contributed by atoms with Gasteiger partial charge in [0.15, 0.2) is 5.65 Å². The van der Waals surface area contributed by atoms with Crippen LogP contribution >= 0.6 is 11.6 Å². The van der Waals surface area contributed by atoms with Crippen molar-refractivity contribution < 1.29 is 0 Å². The van der Waals surface area contributed by atoms with Crippen LogP contribution in [0.15, 0.2) is 0 Å². The van der Waals surface area contributed by atoms with Gasteiger partial charge in [-0.05, 0) is 26.2 Å². The van der Waals surface area contributed by atoms with Crippen molar-refractivity contribution in [2.45, 2.75) is 38.1 Å². The fourth-order valence-electron chi connectivity index (χ4n) is 2.46. The summed E-state index contributed by atoms with van der Waals surface area (Å²) in [5.41, 5.74) is 3.12. The Bertz CT molecular complexity index is 536. The molecule has 5 heteroatoms. The molecule has 0 aromatic carbocycles. The largest absolute Gasteiger partial charge is 0.309 e. The molecule has 1 fully saturated rings. The van der Waals surface area contributed by atoms with Crippen molar-refractivity contribution in [1.29, 1.82) is 0 Å². The van der Waals surface area contributed by atoms with E-state index in [1.807, 2.05) is 18.7 Å². The van der Waals surface area contributed by atoms with Crippen LogP contribution in [0.4, 0.5) is 0 Å². The topological polar surface area (TPSA) is 35.6 Å². The monoisotopic (exact) mass is 238 g/mol. The van der Waals surface area contributed by atoms with Crippen molar-refractivity contribution in [2.24, 2.45) is 7.05 Å². The van der Waals surface area contributed by atoms with Crippen LogP contribution in [0.1, 0.15) is 36.8 Å². The highest BCUT2D eigenvalue weighted by molar-refractivity contribution is 6.16. The van der Waals surface area contributed by atoms with Crippen molar-refractivity contribution in [2.75, 3.05) is 0 Å². The average Bonchev–Trinajstić information content (AvgIpc) is 2.65. The summed E-state index contributed by atoms with van der Waals surface area (Å²) in [6.07, 6.45) is 3.78. The first-order chi connectivity index (χ1) is 7.72. The first-order valence-electron chi connectivity index (χ1n) is 5.68. The molecule has 0 spiro atoms. The molecule has 86 valence electrons. The maximum atomic E-state index is 5.98. The molecular weight excluding hydrogens is 224 g/mol. The van der Waals surface area contributed by atoms with Gasteiger partial charge in [0.05, 0.1) is 11.6 Å². The highest BCUT2D eigenvalue weighted by atomic mass is 35.5. The summed E-state index contributed by atoms with van der Waals surface area (Å²) in [5.74, 6) is 1.46. The summed E-state index contributed by atoms with van der Waals surface area (Å²) in [7, 11) is 1.98. The molecule has 0 atom stereocenters. The Morgan fingerprint density at radius 2 is 2.19 bits per heavy atom. The summed E-state index contributed by atoms with van der Waals surface area (Å²) >= 11 is 5.98. The molecule has 2 aromatic heterocycles. The number of alkyl halides is 1. The third-order valence-corrected chi connectivity index (χ3v) is 3.71. The van der Waals surface area contributed by atoms with Gasteiger partial charge in [0, 0.05) is 13.1 Å². The van der Waals surface area contributed by atoms with E-state index in [0.717, 1.165) is 22.7 Å². The lowest BCUT2D eigenvalue weighted by Crippen LogP contribution is -2.20. The van der Waals surface area contributed by atoms with Gasteiger partial charge in [-0.25, -0.2) is 4.98 Å². The lowest BCUT2D eigenvalue weighted by Gasteiger charge is -2.28. The highest BCUT2D eigenvalue weighted by Gasteiger charge is 2.26. The van der Waals surface area contributed by atoms with Crippen LogP contribution in [-0.4, -0.2) is 19.3 Å². The zero-order valence-electron chi connectivity index (χ0n) is 9.57. The predicted octanol–water partition coefficient (Wildman–Crippen LogP) is 2.54. The van der Waals surface area contributed by atoms with Crippen molar-refractivity contribution in [3.63, 3.8) is 0 Å². The zero-order chi connectivity index (χ0) is 11.3. The normalized spacial score (nSPS) is 16.9. The molecule has 1 aliphatic carbocycles. The second-order valence-corrected chi connectivity index (χ2v) is 4.76. The molecular formula is C11H15ClN4. The third kappa shape index (κ3) is 1.22. The molecule has 1 aliphatic rings. The van der Waals surface area contributed by atoms with Crippen molar-refractivity contribution >= 4 is 22.8 Å². The van der Waals surface area contributed by atoms with Gasteiger partial charge in [-0.2, -0.15) is 5.10 Å². The standard InChI is InChI=1S/C11H15ClN4/c1-7-10-11(15(2)14-7)16(8-4-3-5-8)9(6-12)13-10/h8H,3-6H2,1-2H3. The van der Waals surface area contributed by atoms with Crippen LogP contribution in [-0.2, 0) is 12.9 Å². The predicted molar refractivity (Wildman–Crippen MR) is 63.7 cm³/mol. The minimum absolute atomic E-state index is 0.477. The van der Waals surface area contributed by atoms with E-state index in [1.54, 1.807) is 0 Å². The van der Waals surface area contributed by atoms with Crippen molar-refractivity contribution in [3.8, 4) is 0 Å². The van der Waals surface area contributed by atoms with E-state index in [2.05, 4.69) is 14.6 Å². The molecule has 0 radical (unpaired) electrons. The molecule has 0 N–H and O–H groups in total. The van der Waals surface area contributed by atoms with E-state index in [4.69, 9.17) is 11.6 Å². The number of aromatic nitrogens is 4. The molecule has 0 bridgehead atoms. The molecule has 4 nitrogen and oxygen atoms in total. The van der Waals surface area contributed by atoms with Gasteiger partial charge in [0.25, 0.3) is 0 Å². The summed E-state index contributed by atoms with van der Waals surface area (Å²) in [6, 6.07) is 0.577. The zero-order valence-corrected chi connectivity index (χ0v) is 10.3. The Labute approximate surface area is 99.2 Å². The summed E-state index contributed by atoms with van der Waals surface area (Å²) < 4.78 is 4.21. The number of rotatable bonds is 2. The van der Waals surface area contributed by atoms with Crippen LogP contribution in [0.2, 0.25) is 0 Å². The number of fused-ring (bicyclic) bond motifs is 1. The van der Waals surface area contributed by atoms with Crippen molar-refractivity contribution in [1.82, 2.24) is 19.3 Å². The Morgan fingerprint density at radius 1 is 1.44 bits per heavy atom. The maximum Gasteiger partial charge on any atom is 0.158 e. The van der Waals surface area contributed by atoms with Crippen LogP contribution in [0.5, 0.6) is 0 Å². The Hall–Kier alpha value is -1.03. The summed E-state index contributed by atoms with van der Waals surface area (Å²) in [4.78, 5) is 4.60. The highest BCUT2D eigenvalue weighted by Crippen LogP contribution is 2.36. The third-order valence-electron chi connectivity index (χ3n) is 3.47.